The Morgan fingerprint density at radius 1 is 1.14 bits per heavy atom. The van der Waals surface area contributed by atoms with Crippen molar-refractivity contribution in [2.24, 2.45) is 0 Å². The molecule has 1 amide bonds. The molecular formula is C19H13BrCl2N2O3S. The van der Waals surface area contributed by atoms with Crippen molar-refractivity contribution < 1.29 is 13.9 Å². The van der Waals surface area contributed by atoms with E-state index in [1.165, 1.54) is 6.07 Å². The third-order valence-electron chi connectivity index (χ3n) is 3.66. The van der Waals surface area contributed by atoms with Crippen LogP contribution in [0.4, 0.5) is 5.69 Å². The number of hydrogen-bond donors (Lipinski definition) is 2. The van der Waals surface area contributed by atoms with Gasteiger partial charge in [0.05, 0.1) is 16.6 Å². The lowest BCUT2D eigenvalue weighted by atomic mass is 10.2. The molecule has 3 aromatic rings. The van der Waals surface area contributed by atoms with E-state index < -0.39 is 5.91 Å². The van der Waals surface area contributed by atoms with Crippen LogP contribution in [0.1, 0.15) is 10.6 Å². The number of ether oxygens (including phenoxy) is 1. The summed E-state index contributed by atoms with van der Waals surface area (Å²) in [5.74, 6) is 0.708. The first-order chi connectivity index (χ1) is 13.4. The number of hydrogen-bond acceptors (Lipinski definition) is 4. The number of anilines is 1. The molecule has 1 heterocycles. The number of benzene rings is 2. The Labute approximate surface area is 185 Å². The van der Waals surface area contributed by atoms with Crippen LogP contribution in [-0.4, -0.2) is 18.1 Å². The average molecular weight is 500 g/mol. The first-order valence-electron chi connectivity index (χ1n) is 7.88. The zero-order valence-electron chi connectivity index (χ0n) is 14.4. The molecule has 0 unspecified atom stereocenters. The summed E-state index contributed by atoms with van der Waals surface area (Å²) >= 11 is 20.7. The molecule has 0 bridgehead atoms. The third kappa shape index (κ3) is 4.86. The molecule has 9 heteroatoms. The highest BCUT2D eigenvalue weighted by Gasteiger charge is 2.15. The first kappa shape index (κ1) is 20.7. The summed E-state index contributed by atoms with van der Waals surface area (Å²) in [7, 11) is 1.58. The van der Waals surface area contributed by atoms with Gasteiger partial charge in [0.25, 0.3) is 5.91 Å². The summed E-state index contributed by atoms with van der Waals surface area (Å²) in [5, 5.41) is 6.59. The molecule has 0 aliphatic rings. The highest BCUT2D eigenvalue weighted by Crippen LogP contribution is 2.32. The molecule has 0 fully saturated rings. The maximum absolute atomic E-state index is 12.4. The van der Waals surface area contributed by atoms with E-state index in [1.807, 2.05) is 0 Å². The summed E-state index contributed by atoms with van der Waals surface area (Å²) in [6.07, 6.45) is 0. The predicted molar refractivity (Wildman–Crippen MR) is 119 cm³/mol. The lowest BCUT2D eigenvalue weighted by Gasteiger charge is -2.10. The van der Waals surface area contributed by atoms with Crippen LogP contribution in [0.25, 0.3) is 11.3 Å². The summed E-state index contributed by atoms with van der Waals surface area (Å²) < 4.78 is 11.5. The quantitative estimate of drug-likeness (QED) is 0.421. The number of halogens is 3. The number of nitrogens with one attached hydrogen (secondary N) is 2. The van der Waals surface area contributed by atoms with Crippen molar-refractivity contribution in [1.29, 1.82) is 0 Å². The minimum absolute atomic E-state index is 0.0890. The Balaban J connectivity index is 1.68. The maximum atomic E-state index is 12.4. The van der Waals surface area contributed by atoms with Gasteiger partial charge in [-0.15, -0.1) is 0 Å². The van der Waals surface area contributed by atoms with E-state index in [4.69, 9.17) is 44.6 Å². The third-order valence-corrected chi connectivity index (χ3v) is 5.05. The average Bonchev–Trinajstić information content (AvgIpc) is 3.14. The van der Waals surface area contributed by atoms with Crippen molar-refractivity contribution in [3.63, 3.8) is 0 Å². The standard InChI is InChI=1S/C19H13BrCl2N2O3S/c1-26-16-5-3-11(9-13(16)20)23-19(28)24-18(25)17-7-6-15(27-17)12-8-10(21)2-4-14(12)22/h2-9H,1H3,(H2,23,24,25,28). The molecule has 0 saturated carbocycles. The molecule has 28 heavy (non-hydrogen) atoms. The van der Waals surface area contributed by atoms with Crippen LogP contribution in [0.5, 0.6) is 5.75 Å². The van der Waals surface area contributed by atoms with E-state index in [-0.39, 0.29) is 10.9 Å². The second-order valence-corrected chi connectivity index (χ2v) is 7.65. The second kappa shape index (κ2) is 8.96. The fourth-order valence-electron chi connectivity index (χ4n) is 2.36. The number of methoxy groups -OCH3 is 1. The molecular weight excluding hydrogens is 487 g/mol. The van der Waals surface area contributed by atoms with E-state index in [9.17, 15) is 4.79 Å². The van der Waals surface area contributed by atoms with Crippen LogP contribution in [0.2, 0.25) is 10.0 Å². The van der Waals surface area contributed by atoms with E-state index in [2.05, 4.69) is 26.6 Å². The van der Waals surface area contributed by atoms with Gasteiger partial charge in [-0.1, -0.05) is 23.2 Å². The van der Waals surface area contributed by atoms with Gasteiger partial charge in [-0.3, -0.25) is 10.1 Å². The predicted octanol–water partition coefficient (Wildman–Crippen LogP) is 6.15. The van der Waals surface area contributed by atoms with Gasteiger partial charge in [-0.2, -0.15) is 0 Å². The lowest BCUT2D eigenvalue weighted by molar-refractivity contribution is 0.0951. The molecule has 0 aliphatic carbocycles. The molecule has 0 spiro atoms. The van der Waals surface area contributed by atoms with Gasteiger partial charge in [0.2, 0.25) is 0 Å². The van der Waals surface area contributed by atoms with Gasteiger partial charge in [0, 0.05) is 16.3 Å². The molecule has 5 nitrogen and oxygen atoms in total. The zero-order valence-corrected chi connectivity index (χ0v) is 18.3. The first-order valence-corrected chi connectivity index (χ1v) is 9.84. The number of thiocarbonyl (C=S) groups is 1. The number of rotatable bonds is 4. The molecule has 2 aromatic carbocycles. The van der Waals surface area contributed by atoms with E-state index in [0.29, 0.717) is 32.8 Å². The van der Waals surface area contributed by atoms with Crippen molar-refractivity contribution in [3.8, 4) is 17.1 Å². The summed E-state index contributed by atoms with van der Waals surface area (Å²) in [6.45, 7) is 0. The number of furan rings is 1. The SMILES string of the molecule is COc1ccc(NC(=S)NC(=O)c2ccc(-c3cc(Cl)ccc3Cl)o2)cc1Br. The fraction of sp³-hybridized carbons (Fsp3) is 0.0526. The fourth-order valence-corrected chi connectivity index (χ4v) is 3.50. The number of carbonyl (C=O) groups excluding carboxylic acids is 1. The van der Waals surface area contributed by atoms with Crippen LogP contribution < -0.4 is 15.4 Å². The van der Waals surface area contributed by atoms with Crippen LogP contribution >= 0.6 is 51.3 Å². The molecule has 0 aliphatic heterocycles. The lowest BCUT2D eigenvalue weighted by Crippen LogP contribution is -2.33. The minimum Gasteiger partial charge on any atom is -0.496 e. The monoisotopic (exact) mass is 498 g/mol. The van der Waals surface area contributed by atoms with Crippen LogP contribution in [-0.2, 0) is 0 Å². The van der Waals surface area contributed by atoms with Crippen LogP contribution in [0, 0.1) is 0 Å². The molecule has 3 rings (SSSR count). The normalized spacial score (nSPS) is 10.4. The van der Waals surface area contributed by atoms with Crippen molar-refractivity contribution >= 4 is 68.1 Å². The Bertz CT molecular complexity index is 1060. The second-order valence-electron chi connectivity index (χ2n) is 5.55. The molecule has 2 N–H and O–H groups in total. The largest absolute Gasteiger partial charge is 0.496 e. The van der Waals surface area contributed by atoms with E-state index in [0.717, 1.165) is 4.47 Å². The summed E-state index contributed by atoms with van der Waals surface area (Å²) in [5.41, 5.74) is 1.28. The van der Waals surface area contributed by atoms with Gasteiger partial charge in [-0.25, -0.2) is 0 Å². The van der Waals surface area contributed by atoms with E-state index >= 15 is 0 Å². The van der Waals surface area contributed by atoms with Gasteiger partial charge in [0.15, 0.2) is 10.9 Å². The summed E-state index contributed by atoms with van der Waals surface area (Å²) in [6, 6.07) is 13.5. The summed E-state index contributed by atoms with van der Waals surface area (Å²) in [4.78, 5) is 12.4. The molecule has 0 saturated heterocycles. The van der Waals surface area contributed by atoms with Crippen molar-refractivity contribution in [2.75, 3.05) is 12.4 Å². The minimum atomic E-state index is -0.491. The molecule has 0 radical (unpaired) electrons. The van der Waals surface area contributed by atoms with Crippen molar-refractivity contribution in [2.45, 2.75) is 0 Å². The van der Waals surface area contributed by atoms with Crippen LogP contribution in [0.3, 0.4) is 0 Å². The molecule has 1 aromatic heterocycles. The van der Waals surface area contributed by atoms with Gasteiger partial charge in [0.1, 0.15) is 11.5 Å². The zero-order chi connectivity index (χ0) is 20.3. The topological polar surface area (TPSA) is 63.5 Å². The Morgan fingerprint density at radius 2 is 1.93 bits per heavy atom. The highest BCUT2D eigenvalue weighted by atomic mass is 79.9. The van der Waals surface area contributed by atoms with Crippen molar-refractivity contribution in [1.82, 2.24) is 5.32 Å². The van der Waals surface area contributed by atoms with Gasteiger partial charge in [-0.05, 0) is 76.7 Å². The maximum Gasteiger partial charge on any atom is 0.293 e. The van der Waals surface area contributed by atoms with Gasteiger partial charge < -0.3 is 14.5 Å². The Morgan fingerprint density at radius 3 is 2.64 bits per heavy atom. The van der Waals surface area contributed by atoms with Gasteiger partial charge >= 0.3 is 0 Å². The smallest absolute Gasteiger partial charge is 0.293 e. The molecule has 144 valence electrons. The van der Waals surface area contributed by atoms with E-state index in [1.54, 1.807) is 49.6 Å². The number of carbonyl (C=O) groups is 1. The Hall–Kier alpha value is -2.06. The highest BCUT2D eigenvalue weighted by molar-refractivity contribution is 9.10. The number of amides is 1. The Kier molecular flexibility index (Phi) is 6.61. The molecule has 0 atom stereocenters. The van der Waals surface area contributed by atoms with Crippen molar-refractivity contribution in [3.05, 3.63) is 68.8 Å². The van der Waals surface area contributed by atoms with Crippen LogP contribution in [0.15, 0.2) is 57.4 Å².